The van der Waals surface area contributed by atoms with Crippen LogP contribution in [0.2, 0.25) is 0 Å². The number of carboxylic acid groups (broad SMARTS) is 1. The zero-order valence-electron chi connectivity index (χ0n) is 12.9. The smallest absolute Gasteiger partial charge is 0.441 e. The van der Waals surface area contributed by atoms with Gasteiger partial charge < -0.3 is 14.7 Å². The summed E-state index contributed by atoms with van der Waals surface area (Å²) < 4.78 is 5.95. The Labute approximate surface area is 138 Å². The maximum absolute atomic E-state index is 11.5. The molecular formula is C14H21IN2O4. The second kappa shape index (κ2) is 7.15. The van der Waals surface area contributed by atoms with E-state index in [1.807, 2.05) is 50.3 Å². The predicted molar refractivity (Wildman–Crippen MR) is 87.5 cm³/mol. The van der Waals surface area contributed by atoms with E-state index < -0.39 is 11.6 Å². The number of aromatic nitrogens is 1. The van der Waals surface area contributed by atoms with Gasteiger partial charge in [-0.2, -0.15) is 0 Å². The summed E-state index contributed by atoms with van der Waals surface area (Å²) in [4.78, 5) is 21.2. The molecule has 0 radical (unpaired) electrons. The number of carbonyl (C=O) groups is 1. The van der Waals surface area contributed by atoms with Crippen LogP contribution >= 0.6 is 22.6 Å². The number of amides is 1. The first-order chi connectivity index (χ1) is 9.67. The van der Waals surface area contributed by atoms with Crippen molar-refractivity contribution in [2.75, 3.05) is 7.11 Å². The van der Waals surface area contributed by atoms with Crippen molar-refractivity contribution in [2.45, 2.75) is 39.7 Å². The Bertz CT molecular complexity index is 506. The molecule has 0 unspecified atom stereocenters. The standard InChI is InChI=1S/C14H21IN2O4/c1-9(2)7-14(3,4)17(13(18)19)21-11-8-16-12(15)6-10(11)20-5/h6,8-9H,7H2,1-5H3,(H,18,19). The van der Waals surface area contributed by atoms with Crippen molar-refractivity contribution >= 4 is 28.7 Å². The Morgan fingerprint density at radius 1 is 1.48 bits per heavy atom. The van der Waals surface area contributed by atoms with E-state index in [0.717, 1.165) is 8.76 Å². The summed E-state index contributed by atoms with van der Waals surface area (Å²) in [6.07, 6.45) is 0.975. The molecule has 0 aliphatic rings. The van der Waals surface area contributed by atoms with E-state index in [1.54, 1.807) is 6.07 Å². The molecule has 7 heteroatoms. The van der Waals surface area contributed by atoms with Crippen molar-refractivity contribution < 1.29 is 19.5 Å². The van der Waals surface area contributed by atoms with Crippen LogP contribution in [-0.2, 0) is 0 Å². The molecule has 1 rings (SSSR count). The Balaban J connectivity index is 3.07. The van der Waals surface area contributed by atoms with Crippen LogP contribution in [0.25, 0.3) is 0 Å². The molecule has 1 heterocycles. The molecule has 21 heavy (non-hydrogen) atoms. The van der Waals surface area contributed by atoms with Gasteiger partial charge in [-0.05, 0) is 48.8 Å². The topological polar surface area (TPSA) is 71.9 Å². The highest BCUT2D eigenvalue weighted by atomic mass is 127. The normalized spacial score (nSPS) is 11.4. The monoisotopic (exact) mass is 408 g/mol. The summed E-state index contributed by atoms with van der Waals surface area (Å²) in [7, 11) is 1.50. The number of hydroxylamine groups is 2. The third-order valence-electron chi connectivity index (χ3n) is 2.84. The highest BCUT2D eigenvalue weighted by Crippen LogP contribution is 2.31. The van der Waals surface area contributed by atoms with Crippen molar-refractivity contribution in [3.63, 3.8) is 0 Å². The van der Waals surface area contributed by atoms with Gasteiger partial charge in [0.15, 0.2) is 5.75 Å². The first-order valence-corrected chi connectivity index (χ1v) is 7.66. The molecule has 0 atom stereocenters. The molecule has 0 aliphatic heterocycles. The summed E-state index contributed by atoms with van der Waals surface area (Å²) >= 11 is 2.05. The first-order valence-electron chi connectivity index (χ1n) is 6.58. The van der Waals surface area contributed by atoms with Gasteiger partial charge in [-0.3, -0.25) is 0 Å². The SMILES string of the molecule is COc1cc(I)ncc1ON(C(=O)O)C(C)(C)CC(C)C. The Hall–Kier alpha value is -1.25. The number of methoxy groups -OCH3 is 1. The van der Waals surface area contributed by atoms with Crippen LogP contribution in [0.5, 0.6) is 11.5 Å². The van der Waals surface area contributed by atoms with Gasteiger partial charge in [0, 0.05) is 6.07 Å². The van der Waals surface area contributed by atoms with E-state index in [9.17, 15) is 9.90 Å². The van der Waals surface area contributed by atoms with Crippen LogP contribution in [0.1, 0.15) is 34.1 Å². The van der Waals surface area contributed by atoms with Gasteiger partial charge >= 0.3 is 6.09 Å². The van der Waals surface area contributed by atoms with E-state index in [2.05, 4.69) is 4.98 Å². The summed E-state index contributed by atoms with van der Waals surface area (Å²) in [5, 5.41) is 10.4. The molecule has 0 saturated carbocycles. The van der Waals surface area contributed by atoms with Gasteiger partial charge in [0.1, 0.15) is 3.70 Å². The lowest BCUT2D eigenvalue weighted by Gasteiger charge is -2.36. The van der Waals surface area contributed by atoms with Gasteiger partial charge in [0.2, 0.25) is 5.75 Å². The van der Waals surface area contributed by atoms with Crippen molar-refractivity contribution in [2.24, 2.45) is 5.92 Å². The van der Waals surface area contributed by atoms with Crippen LogP contribution < -0.4 is 9.57 Å². The molecule has 0 spiro atoms. The van der Waals surface area contributed by atoms with Crippen LogP contribution in [0.15, 0.2) is 12.3 Å². The fraction of sp³-hybridized carbons (Fsp3) is 0.571. The number of pyridine rings is 1. The fourth-order valence-electron chi connectivity index (χ4n) is 2.23. The number of ether oxygens (including phenoxy) is 1. The van der Waals surface area contributed by atoms with Crippen molar-refractivity contribution in [3.8, 4) is 11.5 Å². The molecule has 1 amide bonds. The molecule has 0 bridgehead atoms. The van der Waals surface area contributed by atoms with Crippen molar-refractivity contribution in [1.82, 2.24) is 10.0 Å². The van der Waals surface area contributed by atoms with Crippen LogP contribution in [0.3, 0.4) is 0 Å². The number of nitrogens with zero attached hydrogens (tertiary/aromatic N) is 2. The highest BCUT2D eigenvalue weighted by molar-refractivity contribution is 14.1. The molecule has 6 nitrogen and oxygen atoms in total. The third kappa shape index (κ3) is 4.90. The average molecular weight is 408 g/mol. The lowest BCUT2D eigenvalue weighted by Crippen LogP contribution is -2.50. The molecule has 1 aromatic heterocycles. The van der Waals surface area contributed by atoms with Crippen molar-refractivity contribution in [1.29, 1.82) is 0 Å². The number of halogens is 1. The van der Waals surface area contributed by atoms with Crippen LogP contribution in [0.4, 0.5) is 4.79 Å². The molecule has 118 valence electrons. The maximum Gasteiger partial charge on any atom is 0.441 e. The summed E-state index contributed by atoms with van der Waals surface area (Å²) in [6.45, 7) is 7.73. The molecule has 0 fully saturated rings. The minimum atomic E-state index is -1.15. The Kier molecular flexibility index (Phi) is 6.06. The van der Waals surface area contributed by atoms with E-state index in [0.29, 0.717) is 18.1 Å². The fourth-order valence-corrected chi connectivity index (χ4v) is 2.65. The second-order valence-corrected chi connectivity index (χ2v) is 6.84. The number of hydrogen-bond donors (Lipinski definition) is 1. The summed E-state index contributed by atoms with van der Waals surface area (Å²) in [5.41, 5.74) is -0.673. The predicted octanol–water partition coefficient (Wildman–Crippen LogP) is 3.79. The van der Waals surface area contributed by atoms with Gasteiger partial charge in [0.05, 0.1) is 18.8 Å². The minimum absolute atomic E-state index is 0.275. The van der Waals surface area contributed by atoms with Crippen molar-refractivity contribution in [3.05, 3.63) is 16.0 Å². The zero-order valence-corrected chi connectivity index (χ0v) is 15.0. The van der Waals surface area contributed by atoms with Gasteiger partial charge in [0.25, 0.3) is 0 Å². The molecule has 0 aromatic carbocycles. The minimum Gasteiger partial charge on any atom is -0.493 e. The zero-order chi connectivity index (χ0) is 16.2. The van der Waals surface area contributed by atoms with Crippen LogP contribution in [0, 0.1) is 9.62 Å². The lowest BCUT2D eigenvalue weighted by atomic mass is 9.92. The van der Waals surface area contributed by atoms with Gasteiger partial charge in [-0.1, -0.05) is 13.8 Å². The van der Waals surface area contributed by atoms with Crippen LogP contribution in [-0.4, -0.2) is 33.9 Å². The average Bonchev–Trinajstić information content (AvgIpc) is 2.34. The number of hydrogen-bond acceptors (Lipinski definition) is 4. The van der Waals surface area contributed by atoms with E-state index in [4.69, 9.17) is 9.57 Å². The molecule has 1 aromatic rings. The maximum atomic E-state index is 11.5. The Morgan fingerprint density at radius 2 is 2.10 bits per heavy atom. The van der Waals surface area contributed by atoms with Gasteiger partial charge in [-0.25, -0.2) is 9.78 Å². The molecular weight excluding hydrogens is 387 g/mol. The largest absolute Gasteiger partial charge is 0.493 e. The second-order valence-electron chi connectivity index (χ2n) is 5.74. The quantitative estimate of drug-likeness (QED) is 0.441. The molecule has 1 N–H and O–H groups in total. The molecule has 0 saturated heterocycles. The lowest BCUT2D eigenvalue weighted by molar-refractivity contribution is -0.110. The number of rotatable bonds is 6. The molecule has 0 aliphatic carbocycles. The first kappa shape index (κ1) is 17.8. The van der Waals surface area contributed by atoms with E-state index >= 15 is 0 Å². The third-order valence-corrected chi connectivity index (χ3v) is 3.43. The van der Waals surface area contributed by atoms with Gasteiger partial charge in [-0.15, -0.1) is 5.06 Å². The summed E-state index contributed by atoms with van der Waals surface area (Å²) in [5.74, 6) is 1.06. The van der Waals surface area contributed by atoms with E-state index in [1.165, 1.54) is 13.3 Å². The summed E-state index contributed by atoms with van der Waals surface area (Å²) in [6, 6.07) is 1.69. The highest BCUT2D eigenvalue weighted by Gasteiger charge is 2.35. The Morgan fingerprint density at radius 3 is 2.57 bits per heavy atom. The van der Waals surface area contributed by atoms with E-state index in [-0.39, 0.29) is 5.75 Å².